The third-order valence-corrected chi connectivity index (χ3v) is 2.18. The van der Waals surface area contributed by atoms with Crippen molar-refractivity contribution >= 4 is 21.9 Å². The van der Waals surface area contributed by atoms with Gasteiger partial charge in [-0.3, -0.25) is 4.98 Å². The second-order valence-electron chi connectivity index (χ2n) is 2.10. The van der Waals surface area contributed by atoms with Crippen molar-refractivity contribution in [2.45, 2.75) is 20.8 Å². The first-order valence-corrected chi connectivity index (χ1v) is 4.75. The van der Waals surface area contributed by atoms with Crippen molar-refractivity contribution in [2.75, 3.05) is 0 Å². The fraction of sp³-hybridized carbons (Fsp3) is 0.333. The molecule has 13 heavy (non-hydrogen) atoms. The van der Waals surface area contributed by atoms with E-state index in [9.17, 15) is 4.79 Å². The van der Waals surface area contributed by atoms with Gasteiger partial charge in [-0.1, -0.05) is 13.8 Å². The molecule has 0 saturated carbocycles. The number of carboxylic acids is 1. The first kappa shape index (κ1) is 12.1. The number of rotatable bonds is 1. The summed E-state index contributed by atoms with van der Waals surface area (Å²) in [6.45, 7) is 5.73. The lowest BCUT2D eigenvalue weighted by Gasteiger charge is -2.00. The molecule has 1 heterocycles. The lowest BCUT2D eigenvalue weighted by Crippen LogP contribution is -2.00. The first-order chi connectivity index (χ1) is 6.13. The number of carboxylic acid groups (broad SMARTS) is 1. The maximum absolute atomic E-state index is 10.5. The van der Waals surface area contributed by atoms with Crippen molar-refractivity contribution in [3.8, 4) is 0 Å². The Morgan fingerprint density at radius 2 is 2.00 bits per heavy atom. The minimum absolute atomic E-state index is 0.236. The molecular formula is C9H12BrNO2. The summed E-state index contributed by atoms with van der Waals surface area (Å²) in [7, 11) is 0. The molecule has 1 aromatic rings. The smallest absolute Gasteiger partial charge is 0.337 e. The Labute approximate surface area is 85.9 Å². The Morgan fingerprint density at radius 1 is 1.46 bits per heavy atom. The van der Waals surface area contributed by atoms with Crippen molar-refractivity contribution in [1.29, 1.82) is 0 Å². The van der Waals surface area contributed by atoms with Crippen LogP contribution < -0.4 is 0 Å². The van der Waals surface area contributed by atoms with Gasteiger partial charge in [-0.25, -0.2) is 4.79 Å². The van der Waals surface area contributed by atoms with Crippen molar-refractivity contribution in [3.63, 3.8) is 0 Å². The van der Waals surface area contributed by atoms with Crippen LogP contribution in [0.3, 0.4) is 0 Å². The summed E-state index contributed by atoms with van der Waals surface area (Å²) >= 11 is 3.19. The van der Waals surface area contributed by atoms with E-state index in [4.69, 9.17) is 5.11 Å². The molecule has 1 aromatic heterocycles. The van der Waals surface area contributed by atoms with Gasteiger partial charge >= 0.3 is 5.97 Å². The molecule has 0 saturated heterocycles. The molecule has 3 nitrogen and oxygen atoms in total. The van der Waals surface area contributed by atoms with Crippen LogP contribution in [0.2, 0.25) is 0 Å². The number of hydrogen-bond donors (Lipinski definition) is 1. The Hall–Kier alpha value is -0.900. The number of carbonyl (C=O) groups is 1. The van der Waals surface area contributed by atoms with E-state index in [0.717, 1.165) is 4.47 Å². The van der Waals surface area contributed by atoms with Gasteiger partial charge in [-0.2, -0.15) is 0 Å². The van der Waals surface area contributed by atoms with Crippen LogP contribution >= 0.6 is 15.9 Å². The molecule has 4 heteroatoms. The SMILES string of the molecule is CC.Cc1c(Br)cncc1C(=O)O. The summed E-state index contributed by atoms with van der Waals surface area (Å²) in [6.07, 6.45) is 2.91. The molecule has 0 aliphatic heterocycles. The summed E-state index contributed by atoms with van der Waals surface area (Å²) in [4.78, 5) is 14.3. The highest BCUT2D eigenvalue weighted by Crippen LogP contribution is 2.17. The van der Waals surface area contributed by atoms with Gasteiger partial charge in [-0.15, -0.1) is 0 Å². The number of pyridine rings is 1. The Morgan fingerprint density at radius 3 is 2.38 bits per heavy atom. The summed E-state index contributed by atoms with van der Waals surface area (Å²) in [5.41, 5.74) is 0.937. The maximum atomic E-state index is 10.5. The summed E-state index contributed by atoms with van der Waals surface area (Å²) in [5, 5.41) is 8.63. The predicted molar refractivity (Wildman–Crippen MR) is 55.0 cm³/mol. The molecule has 0 aromatic carbocycles. The highest BCUT2D eigenvalue weighted by Gasteiger charge is 2.08. The number of halogens is 1. The van der Waals surface area contributed by atoms with E-state index in [1.165, 1.54) is 6.20 Å². The van der Waals surface area contributed by atoms with E-state index in [0.29, 0.717) is 5.56 Å². The molecule has 0 atom stereocenters. The average molecular weight is 246 g/mol. The molecule has 0 aliphatic rings. The van der Waals surface area contributed by atoms with E-state index in [1.807, 2.05) is 13.8 Å². The lowest BCUT2D eigenvalue weighted by atomic mass is 10.2. The molecule has 0 fully saturated rings. The summed E-state index contributed by atoms with van der Waals surface area (Å²) in [5.74, 6) is -0.948. The second kappa shape index (κ2) is 5.70. The third-order valence-electron chi connectivity index (χ3n) is 1.38. The standard InChI is InChI=1S/C7H6BrNO2.C2H6/c1-4-5(7(10)11)2-9-3-6(4)8;1-2/h2-3H,1H3,(H,10,11);1-2H3. The topological polar surface area (TPSA) is 50.2 Å². The van der Waals surface area contributed by atoms with E-state index in [-0.39, 0.29) is 5.56 Å². The maximum Gasteiger partial charge on any atom is 0.337 e. The van der Waals surface area contributed by atoms with Gasteiger partial charge in [0, 0.05) is 16.9 Å². The Kier molecular flexibility index (Phi) is 5.30. The summed E-state index contributed by atoms with van der Waals surface area (Å²) < 4.78 is 0.720. The molecular weight excluding hydrogens is 234 g/mol. The lowest BCUT2D eigenvalue weighted by molar-refractivity contribution is 0.0695. The van der Waals surface area contributed by atoms with Crippen molar-refractivity contribution in [1.82, 2.24) is 4.98 Å². The highest BCUT2D eigenvalue weighted by molar-refractivity contribution is 9.10. The van der Waals surface area contributed by atoms with E-state index >= 15 is 0 Å². The molecule has 0 radical (unpaired) electrons. The summed E-state index contributed by atoms with van der Waals surface area (Å²) in [6, 6.07) is 0. The second-order valence-corrected chi connectivity index (χ2v) is 2.95. The van der Waals surface area contributed by atoms with Crippen LogP contribution in [-0.4, -0.2) is 16.1 Å². The largest absolute Gasteiger partial charge is 0.478 e. The van der Waals surface area contributed by atoms with Crippen molar-refractivity contribution in [3.05, 3.63) is 28.0 Å². The monoisotopic (exact) mass is 245 g/mol. The van der Waals surface area contributed by atoms with Crippen LogP contribution in [0.15, 0.2) is 16.9 Å². The number of aromatic carboxylic acids is 1. The van der Waals surface area contributed by atoms with Crippen LogP contribution in [0.1, 0.15) is 29.8 Å². The number of aromatic nitrogens is 1. The van der Waals surface area contributed by atoms with Gasteiger partial charge in [-0.05, 0) is 28.4 Å². The fourth-order valence-electron chi connectivity index (χ4n) is 0.715. The predicted octanol–water partition coefficient (Wildman–Crippen LogP) is 2.88. The molecule has 0 bridgehead atoms. The van der Waals surface area contributed by atoms with E-state index in [1.54, 1.807) is 13.1 Å². The van der Waals surface area contributed by atoms with E-state index < -0.39 is 5.97 Å². The van der Waals surface area contributed by atoms with Crippen LogP contribution in [0, 0.1) is 6.92 Å². The molecule has 72 valence electrons. The quantitative estimate of drug-likeness (QED) is 0.828. The molecule has 0 amide bonds. The first-order valence-electron chi connectivity index (χ1n) is 3.96. The Balaban J connectivity index is 0.000000671. The van der Waals surface area contributed by atoms with Gasteiger partial charge in [0.05, 0.1) is 5.56 Å². The minimum Gasteiger partial charge on any atom is -0.478 e. The zero-order valence-electron chi connectivity index (χ0n) is 7.84. The third kappa shape index (κ3) is 3.14. The normalized spacial score (nSPS) is 8.62. The highest BCUT2D eigenvalue weighted by atomic mass is 79.9. The van der Waals surface area contributed by atoms with Crippen molar-refractivity contribution in [2.24, 2.45) is 0 Å². The Bertz CT molecular complexity index is 300. The zero-order valence-corrected chi connectivity index (χ0v) is 9.42. The van der Waals surface area contributed by atoms with Crippen LogP contribution in [0.25, 0.3) is 0 Å². The number of hydrogen-bond acceptors (Lipinski definition) is 2. The molecule has 1 rings (SSSR count). The van der Waals surface area contributed by atoms with Crippen LogP contribution in [0.5, 0.6) is 0 Å². The fourth-order valence-corrected chi connectivity index (χ4v) is 1.05. The van der Waals surface area contributed by atoms with Gasteiger partial charge < -0.3 is 5.11 Å². The molecule has 0 aliphatic carbocycles. The van der Waals surface area contributed by atoms with Crippen LogP contribution in [0.4, 0.5) is 0 Å². The van der Waals surface area contributed by atoms with Gasteiger partial charge in [0.15, 0.2) is 0 Å². The molecule has 0 spiro atoms. The van der Waals surface area contributed by atoms with Gasteiger partial charge in [0.2, 0.25) is 0 Å². The minimum atomic E-state index is -0.948. The van der Waals surface area contributed by atoms with Crippen LogP contribution in [-0.2, 0) is 0 Å². The number of nitrogens with zero attached hydrogens (tertiary/aromatic N) is 1. The van der Waals surface area contributed by atoms with Gasteiger partial charge in [0.1, 0.15) is 0 Å². The van der Waals surface area contributed by atoms with Crippen molar-refractivity contribution < 1.29 is 9.90 Å². The van der Waals surface area contributed by atoms with E-state index in [2.05, 4.69) is 20.9 Å². The van der Waals surface area contributed by atoms with Gasteiger partial charge in [0.25, 0.3) is 0 Å². The molecule has 1 N–H and O–H groups in total. The molecule has 0 unspecified atom stereocenters. The zero-order chi connectivity index (χ0) is 10.4. The average Bonchev–Trinajstić information content (AvgIpc) is 2.13.